The molecule has 1 fully saturated rings. The normalized spacial score (nSPS) is 17.5. The first-order valence-electron chi connectivity index (χ1n) is 9.54. The summed E-state index contributed by atoms with van der Waals surface area (Å²) in [6.45, 7) is 8.59. The van der Waals surface area contributed by atoms with Gasteiger partial charge < -0.3 is 4.98 Å². The monoisotopic (exact) mass is 349 g/mol. The van der Waals surface area contributed by atoms with Crippen LogP contribution in [0.25, 0.3) is 10.9 Å². The van der Waals surface area contributed by atoms with Crippen LogP contribution in [0.15, 0.2) is 54.6 Å². The van der Waals surface area contributed by atoms with Crippen LogP contribution in [0.3, 0.4) is 0 Å². The summed E-state index contributed by atoms with van der Waals surface area (Å²) in [6.07, 6.45) is 2.63. The van der Waals surface area contributed by atoms with Crippen LogP contribution in [0.2, 0.25) is 0 Å². The topological polar surface area (TPSA) is 32.9 Å². The number of aryl methyl sites for hydroxylation is 2. The zero-order valence-electron chi connectivity index (χ0n) is 16.3. The molecule has 1 aromatic heterocycles. The van der Waals surface area contributed by atoms with Crippen molar-refractivity contribution in [1.29, 1.82) is 0 Å². The molecule has 0 bridgehead atoms. The SMILES string of the molecule is CCc1ccc2cc(CC(=O)C3CC3(C)C)[nH]c2c1.Cc1ccccc1.[HH]. The van der Waals surface area contributed by atoms with Gasteiger partial charge in [0.05, 0.1) is 0 Å². The van der Waals surface area contributed by atoms with Gasteiger partial charge in [-0.2, -0.15) is 0 Å². The quantitative estimate of drug-likeness (QED) is 0.604. The molecule has 26 heavy (non-hydrogen) atoms. The number of aromatic nitrogens is 1. The van der Waals surface area contributed by atoms with Crippen molar-refractivity contribution in [2.24, 2.45) is 11.3 Å². The lowest BCUT2D eigenvalue weighted by Crippen LogP contribution is -2.09. The first kappa shape index (κ1) is 18.4. The molecule has 0 spiro atoms. The summed E-state index contributed by atoms with van der Waals surface area (Å²) in [5.41, 5.74) is 5.09. The van der Waals surface area contributed by atoms with Crippen molar-refractivity contribution in [3.63, 3.8) is 0 Å². The van der Waals surface area contributed by atoms with Crippen molar-refractivity contribution in [1.82, 2.24) is 4.98 Å². The number of H-pyrrole nitrogens is 1. The van der Waals surface area contributed by atoms with Gasteiger partial charge in [-0.3, -0.25) is 4.79 Å². The molecule has 138 valence electrons. The third-order valence-corrected chi connectivity index (χ3v) is 5.36. The smallest absolute Gasteiger partial charge is 0.142 e. The van der Waals surface area contributed by atoms with Crippen LogP contribution in [0, 0.1) is 18.3 Å². The Morgan fingerprint density at radius 1 is 1.15 bits per heavy atom. The molecular weight excluding hydrogens is 318 g/mol. The summed E-state index contributed by atoms with van der Waals surface area (Å²) in [5.74, 6) is 0.650. The van der Waals surface area contributed by atoms with Crippen molar-refractivity contribution in [2.75, 3.05) is 0 Å². The molecule has 1 aliphatic carbocycles. The van der Waals surface area contributed by atoms with Crippen molar-refractivity contribution >= 4 is 16.7 Å². The minimum Gasteiger partial charge on any atom is -0.358 e. The number of aromatic amines is 1. The minimum absolute atomic E-state index is 0. The first-order valence-corrected chi connectivity index (χ1v) is 9.54. The average Bonchev–Trinajstić information content (AvgIpc) is 3.08. The fraction of sp³-hybridized carbons (Fsp3) is 0.375. The molecule has 1 heterocycles. The van der Waals surface area contributed by atoms with Gasteiger partial charge in [-0.15, -0.1) is 0 Å². The van der Waals surface area contributed by atoms with E-state index in [0.29, 0.717) is 12.2 Å². The van der Waals surface area contributed by atoms with Crippen LogP contribution in [0.5, 0.6) is 0 Å². The summed E-state index contributed by atoms with van der Waals surface area (Å²) in [7, 11) is 0. The molecule has 2 aromatic carbocycles. The maximum absolute atomic E-state index is 12.2. The summed E-state index contributed by atoms with van der Waals surface area (Å²) in [4.78, 5) is 15.6. The second-order valence-electron chi connectivity index (χ2n) is 8.11. The zero-order chi connectivity index (χ0) is 18.7. The van der Waals surface area contributed by atoms with E-state index in [2.05, 4.69) is 69.1 Å². The maximum Gasteiger partial charge on any atom is 0.142 e. The second kappa shape index (κ2) is 7.49. The van der Waals surface area contributed by atoms with Crippen LogP contribution in [0.1, 0.15) is 45.4 Å². The molecule has 4 rings (SSSR count). The minimum atomic E-state index is 0. The van der Waals surface area contributed by atoms with E-state index in [9.17, 15) is 4.79 Å². The highest BCUT2D eigenvalue weighted by Crippen LogP contribution is 2.52. The molecule has 3 aromatic rings. The van der Waals surface area contributed by atoms with Gasteiger partial charge in [0.2, 0.25) is 0 Å². The van der Waals surface area contributed by atoms with Crippen molar-refractivity contribution < 1.29 is 6.22 Å². The van der Waals surface area contributed by atoms with Gasteiger partial charge in [0.25, 0.3) is 0 Å². The molecule has 1 unspecified atom stereocenters. The van der Waals surface area contributed by atoms with Gasteiger partial charge in [-0.25, -0.2) is 0 Å². The summed E-state index contributed by atoms with van der Waals surface area (Å²) < 4.78 is 0. The molecule has 0 radical (unpaired) electrons. The lowest BCUT2D eigenvalue weighted by Gasteiger charge is -2.01. The lowest BCUT2D eigenvalue weighted by atomic mass is 10.0. The van der Waals surface area contributed by atoms with Crippen molar-refractivity contribution in [3.05, 3.63) is 71.4 Å². The molecule has 0 saturated heterocycles. The zero-order valence-corrected chi connectivity index (χ0v) is 16.3. The Morgan fingerprint density at radius 3 is 2.38 bits per heavy atom. The largest absolute Gasteiger partial charge is 0.358 e. The average molecular weight is 350 g/mol. The number of carbonyl (C=O) groups excluding carboxylic acids is 1. The molecular formula is C24H31NO. The third kappa shape index (κ3) is 4.43. The maximum atomic E-state index is 12.2. The molecule has 1 saturated carbocycles. The van der Waals surface area contributed by atoms with E-state index in [1.165, 1.54) is 16.5 Å². The first-order chi connectivity index (χ1) is 12.4. The Hall–Kier alpha value is -2.35. The number of benzene rings is 2. The van der Waals surface area contributed by atoms with Gasteiger partial charge in [-0.1, -0.05) is 68.8 Å². The highest BCUT2D eigenvalue weighted by Gasteiger charge is 2.49. The van der Waals surface area contributed by atoms with Crippen LogP contribution >= 0.6 is 0 Å². The number of Topliss-reactive ketones (excluding diaryl/α,β-unsaturated/α-hetero) is 1. The second-order valence-corrected chi connectivity index (χ2v) is 8.11. The van der Waals surface area contributed by atoms with Gasteiger partial charge in [0, 0.05) is 25.0 Å². The van der Waals surface area contributed by atoms with Gasteiger partial charge in [0.1, 0.15) is 5.78 Å². The molecule has 2 nitrogen and oxygen atoms in total. The number of ketones is 1. The number of hydrogen-bond donors (Lipinski definition) is 1. The van der Waals surface area contributed by atoms with E-state index < -0.39 is 0 Å². The van der Waals surface area contributed by atoms with Crippen LogP contribution < -0.4 is 0 Å². The Balaban J connectivity index is 0.000000278. The number of fused-ring (bicyclic) bond motifs is 1. The Bertz CT molecular complexity index is 895. The predicted molar refractivity (Wildman–Crippen MR) is 112 cm³/mol. The van der Waals surface area contributed by atoms with Crippen LogP contribution in [-0.4, -0.2) is 10.8 Å². The molecule has 0 amide bonds. The Kier molecular flexibility index (Phi) is 5.31. The number of hydrogen-bond acceptors (Lipinski definition) is 1. The summed E-state index contributed by atoms with van der Waals surface area (Å²) >= 11 is 0. The van der Waals surface area contributed by atoms with Gasteiger partial charge in [-0.05, 0) is 48.3 Å². The Morgan fingerprint density at radius 2 is 1.85 bits per heavy atom. The lowest BCUT2D eigenvalue weighted by molar-refractivity contribution is -0.120. The van der Waals surface area contributed by atoms with E-state index in [1.807, 2.05) is 18.2 Å². The number of carbonyl (C=O) groups is 1. The van der Waals surface area contributed by atoms with E-state index in [0.717, 1.165) is 24.1 Å². The highest BCUT2D eigenvalue weighted by atomic mass is 16.1. The van der Waals surface area contributed by atoms with Crippen LogP contribution in [0.4, 0.5) is 0 Å². The van der Waals surface area contributed by atoms with Crippen molar-refractivity contribution in [2.45, 2.75) is 47.0 Å². The molecule has 1 aliphatic rings. The van der Waals surface area contributed by atoms with E-state index in [1.54, 1.807) is 0 Å². The van der Waals surface area contributed by atoms with E-state index in [4.69, 9.17) is 0 Å². The predicted octanol–water partition coefficient (Wildman–Crippen LogP) is 6.13. The standard InChI is InChI=1S/C17H21NO.C7H8.H2/c1-4-11-5-6-12-8-13(18-15(12)7-11)9-16(19)14-10-17(14,2)3;1-7-5-3-2-4-6-7;/h5-8,14,18H,4,9-10H2,1-3H3;2-6H,1H3;1H. The summed E-state index contributed by atoms with van der Waals surface area (Å²) in [5, 5.41) is 1.20. The fourth-order valence-electron chi connectivity index (χ4n) is 3.41. The number of nitrogens with one attached hydrogen (secondary N) is 1. The van der Waals surface area contributed by atoms with Gasteiger partial charge in [0.15, 0.2) is 0 Å². The van der Waals surface area contributed by atoms with E-state index in [-0.39, 0.29) is 12.8 Å². The molecule has 0 aliphatic heterocycles. The fourth-order valence-corrected chi connectivity index (χ4v) is 3.41. The van der Waals surface area contributed by atoms with E-state index >= 15 is 0 Å². The van der Waals surface area contributed by atoms with Crippen LogP contribution in [-0.2, 0) is 17.6 Å². The van der Waals surface area contributed by atoms with Crippen molar-refractivity contribution in [3.8, 4) is 0 Å². The third-order valence-electron chi connectivity index (χ3n) is 5.36. The Labute approximate surface area is 158 Å². The highest BCUT2D eigenvalue weighted by molar-refractivity contribution is 5.88. The molecule has 1 atom stereocenters. The van der Waals surface area contributed by atoms with Gasteiger partial charge >= 0.3 is 0 Å². The molecule has 2 heteroatoms. The summed E-state index contributed by atoms with van der Waals surface area (Å²) in [6, 6.07) is 18.9. The molecule has 1 N–H and O–H groups in total. The number of rotatable bonds is 4.